The Bertz CT molecular complexity index is 1160. The lowest BCUT2D eigenvalue weighted by Gasteiger charge is -2.12. The number of aliphatic hydroxyl groups excluding tert-OH is 1. The summed E-state index contributed by atoms with van der Waals surface area (Å²) in [5.74, 6) is 1.09. The number of nitrogens with zero attached hydrogens (tertiary/aromatic N) is 5. The summed E-state index contributed by atoms with van der Waals surface area (Å²) >= 11 is 1.67. The van der Waals surface area contributed by atoms with E-state index in [9.17, 15) is 0 Å². The SMILES string of the molecule is CC(C)c1nc2sc3c(nc(NCCCO)n4ncnc34)c2c2c1CCC2. The molecule has 0 saturated heterocycles. The van der Waals surface area contributed by atoms with E-state index in [1.165, 1.54) is 28.6 Å². The van der Waals surface area contributed by atoms with Crippen molar-refractivity contribution in [2.45, 2.75) is 45.4 Å². The number of aliphatic hydroxyl groups is 1. The Morgan fingerprint density at radius 1 is 1.26 bits per heavy atom. The maximum Gasteiger partial charge on any atom is 0.226 e. The van der Waals surface area contributed by atoms with Gasteiger partial charge in [0.25, 0.3) is 0 Å². The van der Waals surface area contributed by atoms with Gasteiger partial charge in [0, 0.05) is 24.2 Å². The second-order valence-corrected chi connectivity index (χ2v) is 8.36. The van der Waals surface area contributed by atoms with Crippen LogP contribution in [0.1, 0.15) is 49.4 Å². The molecule has 140 valence electrons. The molecule has 4 aromatic rings. The smallest absolute Gasteiger partial charge is 0.226 e. The molecule has 0 aromatic carbocycles. The van der Waals surface area contributed by atoms with E-state index < -0.39 is 0 Å². The molecule has 5 rings (SSSR count). The van der Waals surface area contributed by atoms with Gasteiger partial charge in [-0.3, -0.25) is 0 Å². The maximum atomic E-state index is 9.07. The molecule has 1 aliphatic rings. The highest BCUT2D eigenvalue weighted by Gasteiger charge is 2.26. The standard InChI is InChI=1S/C19H22N6OS/c1-10(2)14-12-6-3-5-11(12)13-15-16(27-18(13)23-14)17-21-9-22-25(17)19(24-15)20-7-4-8-26/h9-10,26H,3-8H2,1-2H3,(H,20,24). The molecule has 0 amide bonds. The summed E-state index contributed by atoms with van der Waals surface area (Å²) in [5.41, 5.74) is 5.87. The van der Waals surface area contributed by atoms with Crippen LogP contribution in [-0.4, -0.2) is 42.8 Å². The minimum absolute atomic E-state index is 0.145. The van der Waals surface area contributed by atoms with Crippen molar-refractivity contribution in [2.24, 2.45) is 0 Å². The first kappa shape index (κ1) is 16.8. The second-order valence-electron chi connectivity index (χ2n) is 7.36. The molecule has 0 bridgehead atoms. The summed E-state index contributed by atoms with van der Waals surface area (Å²) in [7, 11) is 0. The summed E-state index contributed by atoms with van der Waals surface area (Å²) in [6, 6.07) is 0. The number of hydrogen-bond acceptors (Lipinski definition) is 7. The number of aryl methyl sites for hydroxylation is 1. The fraction of sp³-hybridized carbons (Fsp3) is 0.474. The van der Waals surface area contributed by atoms with Crippen molar-refractivity contribution in [3.63, 3.8) is 0 Å². The Hall–Kier alpha value is -2.32. The molecule has 4 aromatic heterocycles. The molecule has 1 aliphatic carbocycles. The molecule has 8 heteroatoms. The minimum atomic E-state index is 0.145. The van der Waals surface area contributed by atoms with Gasteiger partial charge in [-0.05, 0) is 42.7 Å². The van der Waals surface area contributed by atoms with Crippen molar-refractivity contribution < 1.29 is 5.11 Å². The highest BCUT2D eigenvalue weighted by Crippen LogP contribution is 2.42. The molecule has 0 spiro atoms. The average Bonchev–Trinajstić information content (AvgIpc) is 3.37. The number of rotatable bonds is 5. The number of thiophene rings is 1. The summed E-state index contributed by atoms with van der Waals surface area (Å²) < 4.78 is 2.79. The van der Waals surface area contributed by atoms with Gasteiger partial charge in [-0.15, -0.1) is 11.3 Å². The van der Waals surface area contributed by atoms with Crippen molar-refractivity contribution in [2.75, 3.05) is 18.5 Å². The van der Waals surface area contributed by atoms with Gasteiger partial charge in [-0.2, -0.15) is 9.61 Å². The van der Waals surface area contributed by atoms with Crippen LogP contribution in [0.25, 0.3) is 26.1 Å². The van der Waals surface area contributed by atoms with Crippen molar-refractivity contribution in [1.82, 2.24) is 24.6 Å². The molecular weight excluding hydrogens is 360 g/mol. The van der Waals surface area contributed by atoms with Crippen LogP contribution in [0.2, 0.25) is 0 Å². The van der Waals surface area contributed by atoms with Gasteiger partial charge < -0.3 is 10.4 Å². The van der Waals surface area contributed by atoms with Gasteiger partial charge in [-0.1, -0.05) is 13.8 Å². The first-order chi connectivity index (χ1) is 13.2. The predicted molar refractivity (Wildman–Crippen MR) is 108 cm³/mol. The maximum absolute atomic E-state index is 9.07. The van der Waals surface area contributed by atoms with Crippen molar-refractivity contribution in [1.29, 1.82) is 0 Å². The zero-order valence-electron chi connectivity index (χ0n) is 15.5. The van der Waals surface area contributed by atoms with Crippen molar-refractivity contribution in [3.05, 3.63) is 23.1 Å². The topological polar surface area (TPSA) is 88.2 Å². The fourth-order valence-electron chi connectivity index (χ4n) is 4.07. The molecule has 0 unspecified atom stereocenters. The van der Waals surface area contributed by atoms with Crippen molar-refractivity contribution >= 4 is 43.4 Å². The molecule has 2 N–H and O–H groups in total. The zero-order valence-corrected chi connectivity index (χ0v) is 16.3. The number of fused-ring (bicyclic) bond motifs is 7. The molecule has 0 aliphatic heterocycles. The van der Waals surface area contributed by atoms with Crippen LogP contribution in [0.4, 0.5) is 5.95 Å². The number of hydrogen-bond donors (Lipinski definition) is 2. The lowest BCUT2D eigenvalue weighted by Crippen LogP contribution is -2.10. The molecule has 0 radical (unpaired) electrons. The quantitative estimate of drug-likeness (QED) is 0.515. The van der Waals surface area contributed by atoms with Gasteiger partial charge >= 0.3 is 0 Å². The van der Waals surface area contributed by atoms with Crippen LogP contribution >= 0.6 is 11.3 Å². The number of nitrogens with one attached hydrogen (secondary N) is 1. The van der Waals surface area contributed by atoms with Crippen molar-refractivity contribution in [3.8, 4) is 0 Å². The molecular formula is C19H22N6OS. The van der Waals surface area contributed by atoms with Gasteiger partial charge in [-0.25, -0.2) is 15.0 Å². The molecule has 4 heterocycles. The summed E-state index contributed by atoms with van der Waals surface area (Å²) in [5, 5.41) is 17.9. The Kier molecular flexibility index (Phi) is 3.98. The average molecular weight is 382 g/mol. The summed E-state index contributed by atoms with van der Waals surface area (Å²) in [6.07, 6.45) is 5.61. The van der Waals surface area contributed by atoms with Crippen LogP contribution in [0.3, 0.4) is 0 Å². The third-order valence-corrected chi connectivity index (χ3v) is 6.32. The van der Waals surface area contributed by atoms with Gasteiger partial charge in [0.1, 0.15) is 15.9 Å². The Morgan fingerprint density at radius 2 is 2.11 bits per heavy atom. The van der Waals surface area contributed by atoms with Crippen LogP contribution in [-0.2, 0) is 12.8 Å². The van der Waals surface area contributed by atoms with Gasteiger partial charge in [0.2, 0.25) is 5.95 Å². The van der Waals surface area contributed by atoms with Crippen LogP contribution in [0.15, 0.2) is 6.33 Å². The Labute approximate surface area is 160 Å². The Balaban J connectivity index is 1.82. The predicted octanol–water partition coefficient (Wildman–Crippen LogP) is 3.29. The third-order valence-electron chi connectivity index (χ3n) is 5.25. The monoisotopic (exact) mass is 382 g/mol. The number of anilines is 1. The van der Waals surface area contributed by atoms with Crippen LogP contribution in [0.5, 0.6) is 0 Å². The minimum Gasteiger partial charge on any atom is -0.396 e. The second kappa shape index (κ2) is 6.38. The van der Waals surface area contributed by atoms with Gasteiger partial charge in [0.15, 0.2) is 5.65 Å². The van der Waals surface area contributed by atoms with Gasteiger partial charge in [0.05, 0.1) is 5.52 Å². The largest absolute Gasteiger partial charge is 0.396 e. The zero-order chi connectivity index (χ0) is 18.5. The lowest BCUT2D eigenvalue weighted by molar-refractivity contribution is 0.292. The molecule has 0 atom stereocenters. The highest BCUT2D eigenvalue weighted by atomic mass is 32.1. The van der Waals surface area contributed by atoms with E-state index in [0.29, 0.717) is 24.8 Å². The normalized spacial score (nSPS) is 14.1. The van der Waals surface area contributed by atoms with E-state index in [1.54, 1.807) is 22.2 Å². The van der Waals surface area contributed by atoms with E-state index in [4.69, 9.17) is 15.1 Å². The first-order valence-electron chi connectivity index (χ1n) is 9.51. The fourth-order valence-corrected chi connectivity index (χ4v) is 5.21. The highest BCUT2D eigenvalue weighted by molar-refractivity contribution is 7.26. The molecule has 0 fully saturated rings. The lowest BCUT2D eigenvalue weighted by atomic mass is 9.99. The number of pyridine rings is 1. The molecule has 0 saturated carbocycles. The first-order valence-corrected chi connectivity index (χ1v) is 10.3. The molecule has 7 nitrogen and oxygen atoms in total. The summed E-state index contributed by atoms with van der Waals surface area (Å²) in [6.45, 7) is 5.23. The summed E-state index contributed by atoms with van der Waals surface area (Å²) in [4.78, 5) is 15.5. The van der Waals surface area contributed by atoms with Crippen LogP contribution < -0.4 is 5.32 Å². The molecule has 27 heavy (non-hydrogen) atoms. The van der Waals surface area contributed by atoms with E-state index in [2.05, 4.69) is 29.2 Å². The Morgan fingerprint density at radius 3 is 2.93 bits per heavy atom. The number of aromatic nitrogens is 5. The van der Waals surface area contributed by atoms with E-state index in [1.807, 2.05) is 0 Å². The van der Waals surface area contributed by atoms with E-state index in [0.717, 1.165) is 33.5 Å². The van der Waals surface area contributed by atoms with E-state index in [-0.39, 0.29) is 6.61 Å². The van der Waals surface area contributed by atoms with E-state index >= 15 is 0 Å². The van der Waals surface area contributed by atoms with Crippen LogP contribution in [0, 0.1) is 0 Å². The third kappa shape index (κ3) is 2.50.